The van der Waals surface area contributed by atoms with Crippen LogP contribution in [0, 0.1) is 11.3 Å². The van der Waals surface area contributed by atoms with Crippen LogP contribution < -0.4 is 56.8 Å². The molecule has 0 aliphatic heterocycles. The molecule has 0 aromatic heterocycles. The van der Waals surface area contributed by atoms with E-state index in [2.05, 4.69) is 0 Å². The Kier molecular flexibility index (Phi) is 5.75. The van der Waals surface area contributed by atoms with E-state index in [1.165, 1.54) is 0 Å². The molecule has 1 aromatic carbocycles. The van der Waals surface area contributed by atoms with Crippen molar-refractivity contribution in [3.05, 3.63) is 29.3 Å². The number of benzene rings is 1. The third-order valence-electron chi connectivity index (χ3n) is 1.85. The molecule has 0 saturated heterocycles. The number of hydrogen-bond donors (Lipinski definition) is 0. The van der Waals surface area contributed by atoms with Gasteiger partial charge in [0, 0.05) is 0 Å². The van der Waals surface area contributed by atoms with Crippen LogP contribution in [0.15, 0.2) is 18.2 Å². The fourth-order valence-corrected chi connectivity index (χ4v) is 1.11. The first-order valence-electron chi connectivity index (χ1n) is 3.97. The van der Waals surface area contributed by atoms with Crippen LogP contribution in [0.4, 0.5) is 26.1 Å². The minimum Gasteiger partial charge on any atom is -0.445 e. The summed E-state index contributed by atoms with van der Waals surface area (Å²) in [5.74, 6) is 0. The summed E-state index contributed by atoms with van der Waals surface area (Å²) in [7, 11) is 0. The van der Waals surface area contributed by atoms with Gasteiger partial charge >= 0.3 is 64.5 Å². The zero-order chi connectivity index (χ0) is 12.6. The molecule has 1 aromatic rings. The Hall–Kier alpha value is -0.00870. The molecule has 0 spiro atoms. The third-order valence-corrected chi connectivity index (χ3v) is 1.85. The van der Waals surface area contributed by atoms with Crippen LogP contribution in [0.2, 0.25) is 0 Å². The Morgan fingerprint density at radius 1 is 1.12 bits per heavy atom. The standard InChI is InChI=1S/C8H3BF6N.K/c10-8(11,12)7-2-1-6(9(13,14)15)3-5(7)4-16;/h1-3H;/q-1;+1. The molecule has 0 bridgehead atoms. The molecule has 9 heteroatoms. The summed E-state index contributed by atoms with van der Waals surface area (Å²) in [4.78, 5) is 0. The Morgan fingerprint density at radius 2 is 1.65 bits per heavy atom. The molecule has 0 unspecified atom stereocenters. The number of nitrogens with zero attached hydrogens (tertiary/aromatic N) is 1. The largest absolute Gasteiger partial charge is 1.00 e. The van der Waals surface area contributed by atoms with E-state index in [0.29, 0.717) is 6.07 Å². The molecule has 86 valence electrons. The number of alkyl halides is 3. The van der Waals surface area contributed by atoms with Crippen LogP contribution in [0.3, 0.4) is 0 Å². The molecule has 0 saturated carbocycles. The van der Waals surface area contributed by atoms with Crippen LogP contribution in [-0.4, -0.2) is 6.98 Å². The minimum absolute atomic E-state index is 0. The molecule has 0 N–H and O–H groups in total. The fourth-order valence-electron chi connectivity index (χ4n) is 1.11. The zero-order valence-electron chi connectivity index (χ0n) is 8.52. The first-order valence-corrected chi connectivity index (χ1v) is 3.97. The first-order chi connectivity index (χ1) is 7.16. The Bertz CT molecular complexity index is 447. The van der Waals surface area contributed by atoms with Gasteiger partial charge in [-0.1, -0.05) is 18.2 Å². The minimum atomic E-state index is -5.40. The molecular weight excluding hydrogens is 274 g/mol. The zero-order valence-corrected chi connectivity index (χ0v) is 11.6. The molecule has 17 heavy (non-hydrogen) atoms. The van der Waals surface area contributed by atoms with Crippen LogP contribution >= 0.6 is 0 Å². The summed E-state index contributed by atoms with van der Waals surface area (Å²) in [6.45, 7) is -5.40. The van der Waals surface area contributed by atoms with Gasteiger partial charge in [-0.2, -0.15) is 18.4 Å². The van der Waals surface area contributed by atoms with Gasteiger partial charge in [-0.15, -0.1) is 5.46 Å². The quantitative estimate of drug-likeness (QED) is 0.508. The van der Waals surface area contributed by atoms with Crippen molar-refractivity contribution in [3.63, 3.8) is 0 Å². The monoisotopic (exact) mass is 277 g/mol. The number of halogens is 6. The van der Waals surface area contributed by atoms with Crippen molar-refractivity contribution in [2.75, 3.05) is 0 Å². The molecule has 0 atom stereocenters. The topological polar surface area (TPSA) is 23.8 Å². The van der Waals surface area contributed by atoms with Gasteiger partial charge in [0.05, 0.1) is 17.2 Å². The summed E-state index contributed by atoms with van der Waals surface area (Å²) < 4.78 is 73.3. The first kappa shape index (κ1) is 17.0. The predicted molar refractivity (Wildman–Crippen MR) is 44.9 cm³/mol. The molecule has 1 nitrogen and oxygen atoms in total. The Morgan fingerprint density at radius 3 is 2.00 bits per heavy atom. The maximum absolute atomic E-state index is 12.2. The van der Waals surface area contributed by atoms with Crippen molar-refractivity contribution in [1.82, 2.24) is 0 Å². The summed E-state index contributed by atoms with van der Waals surface area (Å²) in [6.07, 6.45) is -4.83. The molecule has 0 radical (unpaired) electrons. The summed E-state index contributed by atoms with van der Waals surface area (Å²) >= 11 is 0. The average Bonchev–Trinajstić information content (AvgIpc) is 2.14. The van der Waals surface area contributed by atoms with E-state index in [4.69, 9.17) is 5.26 Å². The van der Waals surface area contributed by atoms with Crippen molar-refractivity contribution >= 4 is 12.4 Å². The summed E-state index contributed by atoms with van der Waals surface area (Å²) in [5, 5.41) is 8.36. The normalized spacial score (nSPS) is 11.6. The third kappa shape index (κ3) is 4.30. The smallest absolute Gasteiger partial charge is 0.445 e. The summed E-state index contributed by atoms with van der Waals surface area (Å²) in [6, 6.07) is 1.91. The van der Waals surface area contributed by atoms with Crippen molar-refractivity contribution < 1.29 is 77.5 Å². The fraction of sp³-hybridized carbons (Fsp3) is 0.125. The molecular formula is C8H3BF6KN. The van der Waals surface area contributed by atoms with Gasteiger partial charge in [0.2, 0.25) is 0 Å². The maximum Gasteiger partial charge on any atom is 1.00 e. The van der Waals surface area contributed by atoms with Crippen LogP contribution in [-0.2, 0) is 6.18 Å². The van der Waals surface area contributed by atoms with Crippen LogP contribution in [0.5, 0.6) is 0 Å². The van der Waals surface area contributed by atoms with E-state index in [0.717, 1.165) is 6.07 Å². The second-order valence-corrected chi connectivity index (χ2v) is 2.99. The van der Waals surface area contributed by atoms with E-state index in [-0.39, 0.29) is 63.5 Å². The van der Waals surface area contributed by atoms with Crippen molar-refractivity contribution in [3.8, 4) is 6.07 Å². The average molecular weight is 277 g/mol. The van der Waals surface area contributed by atoms with Gasteiger partial charge in [0.25, 0.3) is 0 Å². The van der Waals surface area contributed by atoms with Gasteiger partial charge in [-0.25, -0.2) is 0 Å². The predicted octanol–water partition coefficient (Wildman–Crippen LogP) is -0.365. The van der Waals surface area contributed by atoms with Gasteiger partial charge in [0.15, 0.2) is 0 Å². The maximum atomic E-state index is 12.2. The second-order valence-electron chi connectivity index (χ2n) is 2.99. The van der Waals surface area contributed by atoms with Crippen LogP contribution in [0.25, 0.3) is 0 Å². The van der Waals surface area contributed by atoms with E-state index in [9.17, 15) is 26.1 Å². The number of nitriles is 1. The van der Waals surface area contributed by atoms with E-state index < -0.39 is 29.7 Å². The van der Waals surface area contributed by atoms with Crippen LogP contribution in [0.1, 0.15) is 11.1 Å². The molecule has 0 aliphatic rings. The van der Waals surface area contributed by atoms with E-state index in [1.54, 1.807) is 0 Å². The van der Waals surface area contributed by atoms with Crippen molar-refractivity contribution in [2.24, 2.45) is 0 Å². The van der Waals surface area contributed by atoms with Gasteiger partial charge < -0.3 is 12.9 Å². The molecule has 0 aliphatic carbocycles. The van der Waals surface area contributed by atoms with Gasteiger partial charge in [-0.05, 0) is 0 Å². The Labute approximate surface area is 135 Å². The molecule has 1 rings (SSSR count). The SMILES string of the molecule is N#Cc1cc([B-](F)(F)F)ccc1C(F)(F)F.[K+]. The van der Waals surface area contributed by atoms with Gasteiger partial charge in [-0.3, -0.25) is 0 Å². The summed E-state index contributed by atoms with van der Waals surface area (Å²) in [5.41, 5.74) is -3.60. The molecule has 0 fully saturated rings. The molecule has 0 heterocycles. The van der Waals surface area contributed by atoms with E-state index >= 15 is 0 Å². The van der Waals surface area contributed by atoms with Crippen molar-refractivity contribution in [2.45, 2.75) is 6.18 Å². The van der Waals surface area contributed by atoms with E-state index in [1.807, 2.05) is 0 Å². The number of hydrogen-bond acceptors (Lipinski definition) is 1. The van der Waals surface area contributed by atoms with Gasteiger partial charge in [0.1, 0.15) is 0 Å². The Balaban J connectivity index is 0.00000256. The second kappa shape index (κ2) is 5.75. The van der Waals surface area contributed by atoms with Crippen molar-refractivity contribution in [1.29, 1.82) is 5.26 Å². The molecule has 0 amide bonds. The number of rotatable bonds is 1.